The molecule has 22 heavy (non-hydrogen) atoms. The molecule has 0 radical (unpaired) electrons. The molecule has 2 rings (SSSR count). The zero-order valence-corrected chi connectivity index (χ0v) is 13.0. The fourth-order valence-electron chi connectivity index (χ4n) is 3.17. The number of hydrogen-bond donors (Lipinski definition) is 1. The molecule has 0 aliphatic carbocycles. The summed E-state index contributed by atoms with van der Waals surface area (Å²) in [6, 6.07) is 5.97. The zero-order valence-electron chi connectivity index (χ0n) is 13.0. The summed E-state index contributed by atoms with van der Waals surface area (Å²) in [7, 11) is 0. The van der Waals surface area contributed by atoms with E-state index >= 15 is 0 Å². The van der Waals surface area contributed by atoms with Crippen molar-refractivity contribution < 1.29 is 14.0 Å². The van der Waals surface area contributed by atoms with Crippen LogP contribution in [0.3, 0.4) is 0 Å². The van der Waals surface area contributed by atoms with Gasteiger partial charge in [-0.2, -0.15) is 0 Å². The first kappa shape index (κ1) is 16.5. The minimum absolute atomic E-state index is 0.0150. The van der Waals surface area contributed by atoms with E-state index < -0.39 is 5.41 Å². The van der Waals surface area contributed by atoms with Gasteiger partial charge in [0.05, 0.1) is 11.8 Å². The van der Waals surface area contributed by atoms with Gasteiger partial charge < -0.3 is 10.6 Å². The van der Waals surface area contributed by atoms with E-state index in [4.69, 9.17) is 5.73 Å². The van der Waals surface area contributed by atoms with E-state index in [1.165, 1.54) is 12.1 Å². The van der Waals surface area contributed by atoms with Crippen LogP contribution in [0.2, 0.25) is 0 Å². The predicted molar refractivity (Wildman–Crippen MR) is 82.5 cm³/mol. The first-order valence-electron chi connectivity index (χ1n) is 7.79. The van der Waals surface area contributed by atoms with Crippen LogP contribution in [-0.2, 0) is 16.0 Å². The Balaban J connectivity index is 1.94. The molecule has 5 heteroatoms. The molecule has 2 N–H and O–H groups in total. The summed E-state index contributed by atoms with van der Waals surface area (Å²) in [6.07, 6.45) is 3.21. The highest BCUT2D eigenvalue weighted by atomic mass is 19.1. The van der Waals surface area contributed by atoms with Crippen molar-refractivity contribution in [2.45, 2.75) is 39.0 Å². The summed E-state index contributed by atoms with van der Waals surface area (Å²) < 4.78 is 12.9. The number of carbonyl (C=O) groups excluding carboxylic acids is 2. The monoisotopic (exact) mass is 306 g/mol. The summed E-state index contributed by atoms with van der Waals surface area (Å²) in [5.41, 5.74) is 5.91. The Bertz CT molecular complexity index is 534. The maximum atomic E-state index is 12.9. The summed E-state index contributed by atoms with van der Waals surface area (Å²) in [6.45, 7) is 3.16. The Labute approximate surface area is 130 Å². The molecule has 0 unspecified atom stereocenters. The number of primary amides is 1. The number of halogens is 1. The van der Waals surface area contributed by atoms with Crippen LogP contribution in [0.15, 0.2) is 24.3 Å². The maximum absolute atomic E-state index is 12.9. The van der Waals surface area contributed by atoms with Crippen molar-refractivity contribution in [1.29, 1.82) is 0 Å². The lowest BCUT2D eigenvalue weighted by atomic mass is 9.74. The van der Waals surface area contributed by atoms with Gasteiger partial charge in [0.1, 0.15) is 5.82 Å². The summed E-state index contributed by atoms with van der Waals surface area (Å²) in [4.78, 5) is 25.8. The van der Waals surface area contributed by atoms with Crippen LogP contribution in [0, 0.1) is 11.2 Å². The van der Waals surface area contributed by atoms with Crippen molar-refractivity contribution in [1.82, 2.24) is 4.90 Å². The van der Waals surface area contributed by atoms with Crippen molar-refractivity contribution >= 4 is 11.8 Å². The molecule has 0 bridgehead atoms. The highest BCUT2D eigenvalue weighted by molar-refractivity contribution is 5.82. The van der Waals surface area contributed by atoms with E-state index in [1.807, 2.05) is 6.92 Å². The molecule has 1 aromatic carbocycles. The zero-order chi connectivity index (χ0) is 16.2. The molecular formula is C17H23FN2O2. The number of likely N-dealkylation sites (tertiary alicyclic amines) is 1. The Morgan fingerprint density at radius 3 is 2.32 bits per heavy atom. The van der Waals surface area contributed by atoms with Crippen LogP contribution < -0.4 is 5.73 Å². The van der Waals surface area contributed by atoms with Gasteiger partial charge in [-0.15, -0.1) is 0 Å². The molecule has 0 aromatic heterocycles. The SMILES string of the molecule is CCCC1(C(N)=O)CCN(C(=O)Cc2ccc(F)cc2)CC1. The minimum Gasteiger partial charge on any atom is -0.369 e. The van der Waals surface area contributed by atoms with Crippen LogP contribution in [-0.4, -0.2) is 29.8 Å². The number of carbonyl (C=O) groups is 2. The van der Waals surface area contributed by atoms with Crippen LogP contribution >= 0.6 is 0 Å². The maximum Gasteiger partial charge on any atom is 0.226 e. The van der Waals surface area contributed by atoms with Gasteiger partial charge >= 0.3 is 0 Å². The number of piperidine rings is 1. The Morgan fingerprint density at radius 1 is 1.23 bits per heavy atom. The van der Waals surface area contributed by atoms with Crippen LogP contribution in [0.25, 0.3) is 0 Å². The third-order valence-corrected chi connectivity index (χ3v) is 4.59. The number of hydrogen-bond acceptors (Lipinski definition) is 2. The molecule has 2 amide bonds. The minimum atomic E-state index is -0.457. The fraction of sp³-hybridized carbons (Fsp3) is 0.529. The average Bonchev–Trinajstić information content (AvgIpc) is 2.50. The molecule has 1 aliphatic heterocycles. The second-order valence-electron chi connectivity index (χ2n) is 6.08. The van der Waals surface area contributed by atoms with E-state index in [0.29, 0.717) is 25.9 Å². The summed E-state index contributed by atoms with van der Waals surface area (Å²) in [5.74, 6) is -0.541. The molecule has 1 aliphatic rings. The second-order valence-corrected chi connectivity index (χ2v) is 6.08. The molecule has 120 valence electrons. The number of nitrogens with zero attached hydrogens (tertiary/aromatic N) is 1. The third-order valence-electron chi connectivity index (χ3n) is 4.59. The van der Waals surface area contributed by atoms with Gasteiger partial charge in [-0.05, 0) is 37.0 Å². The van der Waals surface area contributed by atoms with Gasteiger partial charge in [-0.25, -0.2) is 4.39 Å². The van der Waals surface area contributed by atoms with Gasteiger partial charge in [0, 0.05) is 13.1 Å². The third kappa shape index (κ3) is 3.64. The van der Waals surface area contributed by atoms with E-state index in [1.54, 1.807) is 17.0 Å². The number of nitrogens with two attached hydrogens (primary N) is 1. The molecule has 0 spiro atoms. The van der Waals surface area contributed by atoms with E-state index in [9.17, 15) is 14.0 Å². The highest BCUT2D eigenvalue weighted by Gasteiger charge is 2.39. The molecule has 1 saturated heterocycles. The van der Waals surface area contributed by atoms with Crippen LogP contribution in [0.1, 0.15) is 38.2 Å². The number of benzene rings is 1. The molecule has 0 atom stereocenters. The second kappa shape index (κ2) is 6.90. The van der Waals surface area contributed by atoms with E-state index in [2.05, 4.69) is 0 Å². The van der Waals surface area contributed by atoms with Crippen molar-refractivity contribution in [2.75, 3.05) is 13.1 Å². The van der Waals surface area contributed by atoms with Gasteiger partial charge in [0.25, 0.3) is 0 Å². The lowest BCUT2D eigenvalue weighted by molar-refractivity contribution is -0.138. The fourth-order valence-corrected chi connectivity index (χ4v) is 3.17. The lowest BCUT2D eigenvalue weighted by Crippen LogP contribution is -2.49. The molecule has 0 saturated carbocycles. The van der Waals surface area contributed by atoms with Crippen LogP contribution in [0.5, 0.6) is 0 Å². The standard InChI is InChI=1S/C17H23FN2O2/c1-2-7-17(16(19)22)8-10-20(11-9-17)15(21)12-13-3-5-14(18)6-4-13/h3-6H,2,7-12H2,1H3,(H2,19,22). The molecule has 1 fully saturated rings. The van der Waals surface area contributed by atoms with Gasteiger partial charge in [0.15, 0.2) is 0 Å². The Hall–Kier alpha value is -1.91. The van der Waals surface area contributed by atoms with Crippen LogP contribution in [0.4, 0.5) is 4.39 Å². The molecule has 1 aromatic rings. The Morgan fingerprint density at radius 2 is 1.82 bits per heavy atom. The average molecular weight is 306 g/mol. The largest absolute Gasteiger partial charge is 0.369 e. The normalized spacial score (nSPS) is 17.3. The number of rotatable bonds is 5. The Kier molecular flexibility index (Phi) is 5.16. The number of amides is 2. The quantitative estimate of drug-likeness (QED) is 0.907. The van der Waals surface area contributed by atoms with E-state index in [0.717, 1.165) is 18.4 Å². The first-order valence-corrected chi connectivity index (χ1v) is 7.79. The summed E-state index contributed by atoms with van der Waals surface area (Å²) >= 11 is 0. The van der Waals surface area contributed by atoms with E-state index in [-0.39, 0.29) is 24.1 Å². The predicted octanol–water partition coefficient (Wildman–Crippen LogP) is 2.26. The molecule has 4 nitrogen and oxygen atoms in total. The molecule has 1 heterocycles. The lowest BCUT2D eigenvalue weighted by Gasteiger charge is -2.39. The van der Waals surface area contributed by atoms with Gasteiger partial charge in [-0.3, -0.25) is 9.59 Å². The van der Waals surface area contributed by atoms with Crippen molar-refractivity contribution in [3.05, 3.63) is 35.6 Å². The summed E-state index contributed by atoms with van der Waals surface area (Å²) in [5, 5.41) is 0. The highest BCUT2D eigenvalue weighted by Crippen LogP contribution is 2.36. The smallest absolute Gasteiger partial charge is 0.226 e. The first-order chi connectivity index (χ1) is 10.5. The molecular weight excluding hydrogens is 283 g/mol. The van der Waals surface area contributed by atoms with Crippen molar-refractivity contribution in [2.24, 2.45) is 11.1 Å². The van der Waals surface area contributed by atoms with Crippen molar-refractivity contribution in [3.8, 4) is 0 Å². The topological polar surface area (TPSA) is 63.4 Å². The van der Waals surface area contributed by atoms with Crippen molar-refractivity contribution in [3.63, 3.8) is 0 Å². The van der Waals surface area contributed by atoms with Gasteiger partial charge in [0.2, 0.25) is 11.8 Å². The van der Waals surface area contributed by atoms with Gasteiger partial charge in [-0.1, -0.05) is 25.5 Å².